The van der Waals surface area contributed by atoms with E-state index in [1.165, 1.54) is 37.8 Å². The highest BCUT2D eigenvalue weighted by Crippen LogP contribution is 2.57. The largest absolute Gasteiger partial charge is 0.394 e. The number of rotatable bonds is 6. The molecule has 120 valence electrons. The van der Waals surface area contributed by atoms with Gasteiger partial charge < -0.3 is 4.84 Å². The molecule has 0 radical (unpaired) electrons. The molecule has 3 nitrogen and oxygen atoms in total. The molecule has 0 saturated heterocycles. The second kappa shape index (κ2) is 6.28. The van der Waals surface area contributed by atoms with Gasteiger partial charge in [-0.1, -0.05) is 11.6 Å². The van der Waals surface area contributed by atoms with E-state index in [0.29, 0.717) is 12.1 Å². The van der Waals surface area contributed by atoms with E-state index < -0.39 is 0 Å². The van der Waals surface area contributed by atoms with Gasteiger partial charge in [-0.2, -0.15) is 0 Å². The summed E-state index contributed by atoms with van der Waals surface area (Å²) in [5.41, 5.74) is 1.39. The van der Waals surface area contributed by atoms with Crippen molar-refractivity contribution in [2.75, 3.05) is 13.2 Å². The maximum Gasteiger partial charge on any atom is 0.129 e. The first-order chi connectivity index (χ1) is 10.1. The number of oxime groups is 1. The third-order valence-corrected chi connectivity index (χ3v) is 6.15. The van der Waals surface area contributed by atoms with Crippen LogP contribution in [0, 0.1) is 23.7 Å². The molecule has 3 fully saturated rings. The highest BCUT2D eigenvalue weighted by molar-refractivity contribution is 5.90. The average Bonchev–Trinajstić information content (AvgIpc) is 3.09. The van der Waals surface area contributed by atoms with Crippen molar-refractivity contribution in [3.63, 3.8) is 0 Å². The monoisotopic (exact) mass is 292 g/mol. The van der Waals surface area contributed by atoms with Gasteiger partial charge >= 0.3 is 0 Å². The van der Waals surface area contributed by atoms with Crippen molar-refractivity contribution in [1.82, 2.24) is 4.90 Å². The first kappa shape index (κ1) is 15.3. The van der Waals surface area contributed by atoms with Crippen LogP contribution in [0.2, 0.25) is 0 Å². The lowest BCUT2D eigenvalue weighted by Gasteiger charge is -2.30. The number of hydrogen-bond acceptors (Lipinski definition) is 3. The molecule has 2 bridgehead atoms. The topological polar surface area (TPSA) is 24.8 Å². The molecule has 3 rings (SSSR count). The van der Waals surface area contributed by atoms with Gasteiger partial charge in [0.05, 0.1) is 5.71 Å². The van der Waals surface area contributed by atoms with Crippen molar-refractivity contribution in [2.24, 2.45) is 28.8 Å². The Morgan fingerprint density at radius 2 is 1.86 bits per heavy atom. The fraction of sp³-hybridized carbons (Fsp3) is 0.944. The smallest absolute Gasteiger partial charge is 0.129 e. The minimum Gasteiger partial charge on any atom is -0.394 e. The molecule has 0 spiro atoms. The molecule has 21 heavy (non-hydrogen) atoms. The molecule has 0 N–H and O–H groups in total. The summed E-state index contributed by atoms with van der Waals surface area (Å²) in [7, 11) is 0. The van der Waals surface area contributed by atoms with Gasteiger partial charge in [-0.15, -0.1) is 0 Å². The van der Waals surface area contributed by atoms with Crippen molar-refractivity contribution in [3.05, 3.63) is 0 Å². The maximum atomic E-state index is 5.70. The van der Waals surface area contributed by atoms with Crippen molar-refractivity contribution in [1.29, 1.82) is 0 Å². The minimum absolute atomic E-state index is 0.572. The Bertz CT molecular complexity index is 383. The first-order valence-corrected chi connectivity index (χ1v) is 9.02. The molecule has 0 aromatic carbocycles. The zero-order valence-electron chi connectivity index (χ0n) is 14.2. The Morgan fingerprint density at radius 1 is 1.14 bits per heavy atom. The molecule has 3 aliphatic carbocycles. The van der Waals surface area contributed by atoms with Crippen LogP contribution in [-0.2, 0) is 4.84 Å². The van der Waals surface area contributed by atoms with Gasteiger partial charge in [-0.3, -0.25) is 4.90 Å². The summed E-state index contributed by atoms with van der Waals surface area (Å²) in [6.45, 7) is 10.7. The molecule has 3 aliphatic rings. The highest BCUT2D eigenvalue weighted by atomic mass is 16.6. The van der Waals surface area contributed by atoms with Gasteiger partial charge in [-0.25, -0.2) is 0 Å². The van der Waals surface area contributed by atoms with Crippen LogP contribution in [0.15, 0.2) is 5.16 Å². The zero-order valence-corrected chi connectivity index (χ0v) is 14.2. The second-order valence-corrected chi connectivity index (χ2v) is 7.91. The molecular weight excluding hydrogens is 260 g/mol. The summed E-state index contributed by atoms with van der Waals surface area (Å²) in [5.74, 6) is 3.70. The van der Waals surface area contributed by atoms with Gasteiger partial charge in [0.1, 0.15) is 6.61 Å². The summed E-state index contributed by atoms with van der Waals surface area (Å²) in [6.07, 6.45) is 7.01. The molecular formula is C18H32N2O. The van der Waals surface area contributed by atoms with E-state index in [-0.39, 0.29) is 0 Å². The summed E-state index contributed by atoms with van der Waals surface area (Å²) < 4.78 is 0. The van der Waals surface area contributed by atoms with Crippen LogP contribution in [0.5, 0.6) is 0 Å². The lowest BCUT2D eigenvalue weighted by Crippen LogP contribution is -2.39. The van der Waals surface area contributed by atoms with Crippen molar-refractivity contribution in [3.8, 4) is 0 Å². The number of fused-ring (bicyclic) bond motifs is 5. The lowest BCUT2D eigenvalue weighted by molar-refractivity contribution is 0.0812. The minimum atomic E-state index is 0.572. The van der Waals surface area contributed by atoms with Crippen molar-refractivity contribution < 1.29 is 4.84 Å². The fourth-order valence-electron chi connectivity index (χ4n) is 5.31. The Balaban J connectivity index is 1.47. The summed E-state index contributed by atoms with van der Waals surface area (Å²) in [6, 6.07) is 1.14. The molecule has 0 aliphatic heterocycles. The van der Waals surface area contributed by atoms with Gasteiger partial charge in [0.15, 0.2) is 0 Å². The summed E-state index contributed by atoms with van der Waals surface area (Å²) in [4.78, 5) is 8.16. The standard InChI is InChI=1S/C18H32N2O/c1-12(2)20(13(3)4)8-9-21-19-18-11-14-10-17(18)16-7-5-6-15(14)16/h12-17H,5-11H2,1-4H3/b19-18-/t14-,15?,16?,17-/m1/s1. The van der Waals surface area contributed by atoms with Crippen LogP contribution in [0.3, 0.4) is 0 Å². The Kier molecular flexibility index (Phi) is 4.58. The van der Waals surface area contributed by atoms with Gasteiger partial charge in [0.2, 0.25) is 0 Å². The maximum absolute atomic E-state index is 5.70. The predicted molar refractivity (Wildman–Crippen MR) is 87.4 cm³/mol. The van der Waals surface area contributed by atoms with E-state index >= 15 is 0 Å². The molecule has 3 saturated carbocycles. The van der Waals surface area contributed by atoms with E-state index in [2.05, 4.69) is 37.8 Å². The molecule has 0 aromatic heterocycles. The highest BCUT2D eigenvalue weighted by Gasteiger charge is 2.52. The molecule has 0 amide bonds. The van der Waals surface area contributed by atoms with Crippen molar-refractivity contribution >= 4 is 5.71 Å². The Labute approximate surface area is 130 Å². The lowest BCUT2D eigenvalue weighted by atomic mass is 9.81. The van der Waals surface area contributed by atoms with E-state index in [0.717, 1.165) is 36.8 Å². The van der Waals surface area contributed by atoms with Crippen LogP contribution in [-0.4, -0.2) is 35.8 Å². The van der Waals surface area contributed by atoms with Crippen molar-refractivity contribution in [2.45, 2.75) is 71.9 Å². The summed E-state index contributed by atoms with van der Waals surface area (Å²) in [5, 5.41) is 4.55. The normalized spacial score (nSPS) is 36.4. The Morgan fingerprint density at radius 3 is 2.57 bits per heavy atom. The van der Waals surface area contributed by atoms with Crippen LogP contribution in [0.4, 0.5) is 0 Å². The van der Waals surface area contributed by atoms with E-state index in [1.54, 1.807) is 0 Å². The number of nitrogens with zero attached hydrogens (tertiary/aromatic N) is 2. The van der Waals surface area contributed by atoms with Crippen LogP contribution >= 0.6 is 0 Å². The zero-order chi connectivity index (χ0) is 15.0. The van der Waals surface area contributed by atoms with Crippen LogP contribution in [0.1, 0.15) is 59.8 Å². The molecule has 0 aromatic rings. The SMILES string of the molecule is CC(C)N(CCO/N=C1/C[C@H]2C[C@@H]1C1CCCC12)C(C)C. The Hall–Kier alpha value is -0.570. The number of hydrogen-bond donors (Lipinski definition) is 0. The van der Waals surface area contributed by atoms with Gasteiger partial charge in [-0.05, 0) is 71.1 Å². The summed E-state index contributed by atoms with van der Waals surface area (Å²) >= 11 is 0. The third kappa shape index (κ3) is 2.99. The molecule has 4 atom stereocenters. The predicted octanol–water partition coefficient (Wildman–Crippen LogP) is 3.93. The second-order valence-electron chi connectivity index (χ2n) is 7.91. The molecule has 3 heteroatoms. The van der Waals surface area contributed by atoms with E-state index in [9.17, 15) is 0 Å². The molecule has 0 heterocycles. The van der Waals surface area contributed by atoms with Gasteiger partial charge in [0.25, 0.3) is 0 Å². The van der Waals surface area contributed by atoms with Crippen LogP contribution < -0.4 is 0 Å². The first-order valence-electron chi connectivity index (χ1n) is 9.02. The third-order valence-electron chi connectivity index (χ3n) is 6.15. The van der Waals surface area contributed by atoms with E-state index in [1.807, 2.05) is 0 Å². The molecule has 2 unspecified atom stereocenters. The fourth-order valence-corrected chi connectivity index (χ4v) is 5.31. The van der Waals surface area contributed by atoms with E-state index in [4.69, 9.17) is 4.84 Å². The van der Waals surface area contributed by atoms with Gasteiger partial charge in [0, 0.05) is 24.5 Å². The average molecular weight is 292 g/mol. The van der Waals surface area contributed by atoms with Crippen LogP contribution in [0.25, 0.3) is 0 Å². The quantitative estimate of drug-likeness (QED) is 0.547.